The minimum Gasteiger partial charge on any atom is -0.325 e. The molecule has 1 aliphatic rings. The van der Waals surface area contributed by atoms with E-state index in [0.717, 1.165) is 16.8 Å². The van der Waals surface area contributed by atoms with Crippen molar-refractivity contribution in [3.05, 3.63) is 28.3 Å². The normalized spacial score (nSPS) is 14.3. The lowest BCUT2D eigenvalue weighted by molar-refractivity contribution is -0.115. The van der Waals surface area contributed by atoms with E-state index >= 15 is 0 Å². The fourth-order valence-corrected chi connectivity index (χ4v) is 1.61. The number of fused-ring (bicyclic) bond motifs is 1. The van der Waals surface area contributed by atoms with Crippen LogP contribution in [-0.4, -0.2) is 5.91 Å². The summed E-state index contributed by atoms with van der Waals surface area (Å²) < 4.78 is 0. The lowest BCUT2D eigenvalue weighted by Crippen LogP contribution is -2.03. The maximum absolute atomic E-state index is 11.0. The van der Waals surface area contributed by atoms with Crippen LogP contribution in [0.2, 0.25) is 5.02 Å². The minimum absolute atomic E-state index is 0.0255. The van der Waals surface area contributed by atoms with Crippen LogP contribution in [0.5, 0.6) is 0 Å². The Kier molecular flexibility index (Phi) is 1.58. The molecule has 0 aliphatic carbocycles. The van der Waals surface area contributed by atoms with Crippen LogP contribution >= 0.6 is 11.6 Å². The Hall–Kier alpha value is -1.02. The van der Waals surface area contributed by atoms with Gasteiger partial charge in [-0.05, 0) is 18.6 Å². The molecule has 1 aromatic carbocycles. The van der Waals surface area contributed by atoms with Crippen LogP contribution in [0.1, 0.15) is 11.1 Å². The van der Waals surface area contributed by atoms with Gasteiger partial charge in [0.15, 0.2) is 0 Å². The zero-order valence-electron chi connectivity index (χ0n) is 6.65. The summed E-state index contributed by atoms with van der Waals surface area (Å²) in [6, 6.07) is 3.80. The van der Waals surface area contributed by atoms with E-state index in [4.69, 9.17) is 11.6 Å². The molecule has 12 heavy (non-hydrogen) atoms. The zero-order valence-corrected chi connectivity index (χ0v) is 7.40. The summed E-state index contributed by atoms with van der Waals surface area (Å²) in [5.74, 6) is 0.0255. The number of hydrogen-bond donors (Lipinski definition) is 1. The van der Waals surface area contributed by atoms with E-state index < -0.39 is 0 Å². The predicted octanol–water partition coefficient (Wildman–Crippen LogP) is 2.14. The number of nitrogens with one attached hydrogen (secondary N) is 1. The van der Waals surface area contributed by atoms with Gasteiger partial charge in [-0.3, -0.25) is 4.79 Å². The van der Waals surface area contributed by atoms with Crippen LogP contribution in [0.25, 0.3) is 0 Å². The highest BCUT2D eigenvalue weighted by Crippen LogP contribution is 2.31. The van der Waals surface area contributed by atoms with Crippen LogP contribution in [0, 0.1) is 6.92 Å². The molecule has 1 aliphatic heterocycles. The van der Waals surface area contributed by atoms with Crippen LogP contribution in [0.3, 0.4) is 0 Å². The molecule has 1 N–H and O–H groups in total. The average molecular weight is 182 g/mol. The number of hydrogen-bond acceptors (Lipinski definition) is 1. The number of carbonyl (C=O) groups is 1. The third-order valence-electron chi connectivity index (χ3n) is 2.05. The second kappa shape index (κ2) is 2.49. The summed E-state index contributed by atoms with van der Waals surface area (Å²) in [6.45, 7) is 1.94. The molecule has 0 saturated heterocycles. The third-order valence-corrected chi connectivity index (χ3v) is 2.57. The fourth-order valence-electron chi connectivity index (χ4n) is 1.38. The molecule has 0 atom stereocenters. The van der Waals surface area contributed by atoms with E-state index in [2.05, 4.69) is 5.32 Å². The van der Waals surface area contributed by atoms with Gasteiger partial charge >= 0.3 is 0 Å². The van der Waals surface area contributed by atoms with E-state index in [1.54, 1.807) is 0 Å². The van der Waals surface area contributed by atoms with Gasteiger partial charge in [0, 0.05) is 16.3 Å². The monoisotopic (exact) mass is 181 g/mol. The molecule has 1 heterocycles. The van der Waals surface area contributed by atoms with Crippen LogP contribution in [-0.2, 0) is 11.2 Å². The van der Waals surface area contributed by atoms with Crippen molar-refractivity contribution in [2.45, 2.75) is 13.3 Å². The molecular weight excluding hydrogens is 174 g/mol. The van der Waals surface area contributed by atoms with Crippen LogP contribution < -0.4 is 5.32 Å². The van der Waals surface area contributed by atoms with Crippen molar-refractivity contribution in [2.75, 3.05) is 5.32 Å². The first kappa shape index (κ1) is 7.62. The third kappa shape index (κ3) is 0.994. The lowest BCUT2D eigenvalue weighted by Gasteiger charge is -2.02. The highest BCUT2D eigenvalue weighted by molar-refractivity contribution is 6.33. The fraction of sp³-hybridized carbons (Fsp3) is 0.222. The SMILES string of the molecule is Cc1ccc2c(c1Cl)CC(=O)N2. The topological polar surface area (TPSA) is 29.1 Å². The van der Waals surface area contributed by atoms with E-state index in [1.807, 2.05) is 19.1 Å². The Labute approximate surface area is 75.5 Å². The maximum Gasteiger partial charge on any atom is 0.228 e. The molecule has 0 unspecified atom stereocenters. The largest absolute Gasteiger partial charge is 0.325 e. The minimum atomic E-state index is 0.0255. The van der Waals surface area contributed by atoms with Gasteiger partial charge in [-0.1, -0.05) is 17.7 Å². The Balaban J connectivity index is 2.61. The molecule has 0 radical (unpaired) electrons. The molecule has 0 saturated carbocycles. The first-order valence-corrected chi connectivity index (χ1v) is 4.14. The number of anilines is 1. The van der Waals surface area contributed by atoms with Crippen molar-refractivity contribution >= 4 is 23.2 Å². The standard InChI is InChI=1S/C9H8ClNO/c1-5-2-3-7-6(9(5)10)4-8(12)11-7/h2-3H,4H2,1H3,(H,11,12). The summed E-state index contributed by atoms with van der Waals surface area (Å²) in [7, 11) is 0. The smallest absolute Gasteiger partial charge is 0.228 e. The van der Waals surface area contributed by atoms with Crippen molar-refractivity contribution in [3.8, 4) is 0 Å². The molecule has 0 bridgehead atoms. The number of rotatable bonds is 0. The van der Waals surface area contributed by atoms with Crippen molar-refractivity contribution < 1.29 is 4.79 Å². The summed E-state index contributed by atoms with van der Waals surface area (Å²) in [5, 5.41) is 3.46. The van der Waals surface area contributed by atoms with Crippen molar-refractivity contribution in [1.82, 2.24) is 0 Å². The van der Waals surface area contributed by atoms with Crippen molar-refractivity contribution in [3.63, 3.8) is 0 Å². The molecule has 1 aromatic rings. The van der Waals surface area contributed by atoms with Crippen molar-refractivity contribution in [1.29, 1.82) is 0 Å². The molecule has 0 aromatic heterocycles. The number of aryl methyl sites for hydroxylation is 1. The molecule has 0 spiro atoms. The Morgan fingerprint density at radius 3 is 3.00 bits per heavy atom. The Morgan fingerprint density at radius 2 is 2.25 bits per heavy atom. The second-order valence-corrected chi connectivity index (χ2v) is 3.33. The first-order chi connectivity index (χ1) is 5.68. The van der Waals surface area contributed by atoms with Gasteiger partial charge in [0.1, 0.15) is 0 Å². The Bertz CT molecular complexity index is 360. The molecule has 2 nitrogen and oxygen atoms in total. The molecule has 62 valence electrons. The summed E-state index contributed by atoms with van der Waals surface area (Å²) in [4.78, 5) is 11.0. The predicted molar refractivity (Wildman–Crippen MR) is 48.5 cm³/mol. The van der Waals surface area contributed by atoms with E-state index in [9.17, 15) is 4.79 Å². The molecule has 2 rings (SSSR count). The molecule has 1 amide bonds. The number of benzene rings is 1. The first-order valence-electron chi connectivity index (χ1n) is 3.76. The number of carbonyl (C=O) groups excluding carboxylic acids is 1. The molecule has 0 fully saturated rings. The highest BCUT2D eigenvalue weighted by Gasteiger charge is 2.20. The van der Waals surface area contributed by atoms with E-state index in [1.165, 1.54) is 0 Å². The highest BCUT2D eigenvalue weighted by atomic mass is 35.5. The van der Waals surface area contributed by atoms with Gasteiger partial charge in [0.05, 0.1) is 6.42 Å². The summed E-state index contributed by atoms with van der Waals surface area (Å²) in [5.41, 5.74) is 2.81. The quantitative estimate of drug-likeness (QED) is 0.653. The Morgan fingerprint density at radius 1 is 1.50 bits per heavy atom. The van der Waals surface area contributed by atoms with Gasteiger partial charge in [-0.15, -0.1) is 0 Å². The van der Waals surface area contributed by atoms with Gasteiger partial charge < -0.3 is 5.32 Å². The van der Waals surface area contributed by atoms with Gasteiger partial charge in [0.25, 0.3) is 0 Å². The number of halogens is 1. The second-order valence-electron chi connectivity index (χ2n) is 2.95. The molecular formula is C9H8ClNO. The lowest BCUT2D eigenvalue weighted by atomic mass is 10.1. The van der Waals surface area contributed by atoms with Crippen molar-refractivity contribution in [2.24, 2.45) is 0 Å². The summed E-state index contributed by atoms with van der Waals surface area (Å²) in [6.07, 6.45) is 0.413. The van der Waals surface area contributed by atoms with Gasteiger partial charge in [0.2, 0.25) is 5.91 Å². The van der Waals surface area contributed by atoms with Crippen LogP contribution in [0.15, 0.2) is 12.1 Å². The number of amides is 1. The maximum atomic E-state index is 11.0. The van der Waals surface area contributed by atoms with Gasteiger partial charge in [-0.25, -0.2) is 0 Å². The summed E-state index contributed by atoms with van der Waals surface area (Å²) >= 11 is 6.01. The van der Waals surface area contributed by atoms with E-state index in [-0.39, 0.29) is 5.91 Å². The zero-order chi connectivity index (χ0) is 8.72. The van der Waals surface area contributed by atoms with Gasteiger partial charge in [-0.2, -0.15) is 0 Å². The average Bonchev–Trinajstić information content (AvgIpc) is 2.39. The van der Waals surface area contributed by atoms with Crippen LogP contribution in [0.4, 0.5) is 5.69 Å². The van der Waals surface area contributed by atoms with E-state index in [0.29, 0.717) is 11.4 Å². The molecule has 3 heteroatoms.